The highest BCUT2D eigenvalue weighted by Gasteiger charge is 2.19. The van der Waals surface area contributed by atoms with Crippen molar-refractivity contribution in [1.29, 1.82) is 5.26 Å². The second kappa shape index (κ2) is 8.07. The predicted octanol–water partition coefficient (Wildman–Crippen LogP) is 5.71. The molecule has 0 aliphatic rings. The lowest BCUT2D eigenvalue weighted by Crippen LogP contribution is -2.13. The summed E-state index contributed by atoms with van der Waals surface area (Å²) in [4.78, 5) is 12.9. The van der Waals surface area contributed by atoms with E-state index in [1.54, 1.807) is 19.1 Å². The molecule has 0 radical (unpaired) electrons. The van der Waals surface area contributed by atoms with Gasteiger partial charge in [0.25, 0.3) is 0 Å². The molecule has 0 fully saturated rings. The SMILES string of the molecule is CCSc1oc2c(C(C)Nc3cccc(F)c3C#N)cc(C)cc2c(=O)c1C. The third-order valence-corrected chi connectivity index (χ3v) is 5.53. The number of nitrogens with one attached hydrogen (secondary N) is 1. The highest BCUT2D eigenvalue weighted by molar-refractivity contribution is 7.99. The van der Waals surface area contributed by atoms with E-state index in [0.29, 0.717) is 27.3 Å². The fourth-order valence-electron chi connectivity index (χ4n) is 3.21. The number of thioether (sulfide) groups is 1. The van der Waals surface area contributed by atoms with Crippen molar-refractivity contribution < 1.29 is 8.81 Å². The van der Waals surface area contributed by atoms with Crippen molar-refractivity contribution in [3.8, 4) is 6.07 Å². The zero-order chi connectivity index (χ0) is 20.4. The van der Waals surface area contributed by atoms with Crippen molar-refractivity contribution in [3.05, 3.63) is 68.6 Å². The molecule has 1 N–H and O–H groups in total. The van der Waals surface area contributed by atoms with Gasteiger partial charge in [-0.15, -0.1) is 0 Å². The van der Waals surface area contributed by atoms with Crippen LogP contribution in [0.25, 0.3) is 11.0 Å². The Kier molecular flexibility index (Phi) is 5.76. The molecule has 4 nitrogen and oxygen atoms in total. The summed E-state index contributed by atoms with van der Waals surface area (Å²) in [6.07, 6.45) is 0. The maximum Gasteiger partial charge on any atom is 0.196 e. The number of benzene rings is 2. The van der Waals surface area contributed by atoms with Crippen LogP contribution in [0.5, 0.6) is 0 Å². The smallest absolute Gasteiger partial charge is 0.196 e. The Labute approximate surface area is 167 Å². The molecule has 0 bridgehead atoms. The molecule has 0 aliphatic heterocycles. The molecule has 0 aliphatic carbocycles. The van der Waals surface area contributed by atoms with Gasteiger partial charge in [0.1, 0.15) is 23.0 Å². The van der Waals surface area contributed by atoms with Crippen molar-refractivity contribution in [2.45, 2.75) is 38.8 Å². The summed E-state index contributed by atoms with van der Waals surface area (Å²) in [5, 5.41) is 13.6. The number of nitriles is 1. The minimum Gasteiger partial charge on any atom is -0.449 e. The van der Waals surface area contributed by atoms with E-state index in [-0.39, 0.29) is 17.0 Å². The lowest BCUT2D eigenvalue weighted by molar-refractivity contribution is 0.488. The Hall–Kier alpha value is -2.78. The summed E-state index contributed by atoms with van der Waals surface area (Å²) >= 11 is 1.49. The van der Waals surface area contributed by atoms with Crippen LogP contribution >= 0.6 is 11.8 Å². The number of hydrogen-bond donors (Lipinski definition) is 1. The van der Waals surface area contributed by atoms with E-state index in [4.69, 9.17) is 4.42 Å². The molecule has 2 aromatic carbocycles. The average Bonchev–Trinajstić information content (AvgIpc) is 2.66. The number of halogens is 1. The van der Waals surface area contributed by atoms with Gasteiger partial charge in [0.15, 0.2) is 10.5 Å². The van der Waals surface area contributed by atoms with Gasteiger partial charge >= 0.3 is 0 Å². The monoisotopic (exact) mass is 396 g/mol. The normalized spacial score (nSPS) is 12.0. The van der Waals surface area contributed by atoms with Crippen LogP contribution in [0.15, 0.2) is 44.6 Å². The molecule has 1 atom stereocenters. The van der Waals surface area contributed by atoms with E-state index in [0.717, 1.165) is 16.9 Å². The largest absolute Gasteiger partial charge is 0.449 e. The van der Waals surface area contributed by atoms with Crippen LogP contribution in [0, 0.1) is 31.0 Å². The van der Waals surface area contributed by atoms with Crippen LogP contribution in [0.1, 0.15) is 42.1 Å². The van der Waals surface area contributed by atoms with Crippen molar-refractivity contribution in [3.63, 3.8) is 0 Å². The van der Waals surface area contributed by atoms with Gasteiger partial charge in [-0.1, -0.05) is 30.8 Å². The van der Waals surface area contributed by atoms with Crippen molar-refractivity contribution in [2.75, 3.05) is 11.1 Å². The summed E-state index contributed by atoms with van der Waals surface area (Å²) in [5.41, 5.74) is 3.17. The van der Waals surface area contributed by atoms with Gasteiger partial charge in [0.05, 0.1) is 17.1 Å². The number of fused-ring (bicyclic) bond motifs is 1. The molecule has 6 heteroatoms. The summed E-state index contributed by atoms with van der Waals surface area (Å²) in [7, 11) is 0. The van der Waals surface area contributed by atoms with Gasteiger partial charge in [-0.3, -0.25) is 4.79 Å². The summed E-state index contributed by atoms with van der Waals surface area (Å²) in [6.45, 7) is 7.59. The molecule has 0 saturated heterocycles. The summed E-state index contributed by atoms with van der Waals surface area (Å²) < 4.78 is 20.1. The fourth-order valence-corrected chi connectivity index (χ4v) is 3.92. The van der Waals surface area contributed by atoms with Gasteiger partial charge in [-0.05, 0) is 50.3 Å². The van der Waals surface area contributed by atoms with Crippen LogP contribution in [0.3, 0.4) is 0 Å². The molecular weight excluding hydrogens is 375 g/mol. The highest BCUT2D eigenvalue weighted by atomic mass is 32.2. The first-order valence-electron chi connectivity index (χ1n) is 9.03. The minimum atomic E-state index is -0.572. The molecule has 0 amide bonds. The molecule has 1 unspecified atom stereocenters. The van der Waals surface area contributed by atoms with Crippen LogP contribution in [0.2, 0.25) is 0 Å². The Balaban J connectivity index is 2.16. The first-order valence-corrected chi connectivity index (χ1v) is 10.0. The van der Waals surface area contributed by atoms with Crippen molar-refractivity contribution in [2.24, 2.45) is 0 Å². The quantitative estimate of drug-likeness (QED) is 0.560. The van der Waals surface area contributed by atoms with Crippen LogP contribution in [-0.2, 0) is 0 Å². The number of hydrogen-bond acceptors (Lipinski definition) is 5. The van der Waals surface area contributed by atoms with Gasteiger partial charge in [0, 0.05) is 11.1 Å². The molecule has 28 heavy (non-hydrogen) atoms. The van der Waals surface area contributed by atoms with Crippen LogP contribution < -0.4 is 10.7 Å². The highest BCUT2D eigenvalue weighted by Crippen LogP contribution is 2.32. The molecule has 1 heterocycles. The lowest BCUT2D eigenvalue weighted by atomic mass is 10.00. The Morgan fingerprint density at radius 1 is 1.32 bits per heavy atom. The van der Waals surface area contributed by atoms with Crippen LogP contribution in [-0.4, -0.2) is 5.75 Å². The number of aryl methyl sites for hydroxylation is 1. The molecule has 0 saturated carbocycles. The zero-order valence-electron chi connectivity index (χ0n) is 16.2. The fraction of sp³-hybridized carbons (Fsp3) is 0.273. The Bertz CT molecular complexity index is 1150. The van der Waals surface area contributed by atoms with E-state index in [1.165, 1.54) is 17.8 Å². The summed E-state index contributed by atoms with van der Waals surface area (Å²) in [5.74, 6) is 0.219. The summed E-state index contributed by atoms with van der Waals surface area (Å²) in [6, 6.07) is 9.84. The van der Waals surface area contributed by atoms with E-state index in [1.807, 2.05) is 39.0 Å². The second-order valence-corrected chi connectivity index (χ2v) is 7.88. The van der Waals surface area contributed by atoms with Gasteiger partial charge in [-0.2, -0.15) is 5.26 Å². The van der Waals surface area contributed by atoms with E-state index >= 15 is 0 Å². The predicted molar refractivity (Wildman–Crippen MR) is 112 cm³/mol. The number of nitrogens with zero attached hydrogens (tertiary/aromatic N) is 1. The Morgan fingerprint density at radius 3 is 2.75 bits per heavy atom. The van der Waals surface area contributed by atoms with Crippen molar-refractivity contribution >= 4 is 28.4 Å². The lowest BCUT2D eigenvalue weighted by Gasteiger charge is -2.19. The van der Waals surface area contributed by atoms with E-state index in [2.05, 4.69) is 5.32 Å². The minimum absolute atomic E-state index is 0.0363. The second-order valence-electron chi connectivity index (χ2n) is 6.65. The molecule has 1 aromatic heterocycles. The molecule has 3 aromatic rings. The molecular formula is C22H21FN2O2S. The van der Waals surface area contributed by atoms with Gasteiger partial charge in [-0.25, -0.2) is 4.39 Å². The topological polar surface area (TPSA) is 66.0 Å². The third kappa shape index (κ3) is 3.63. The van der Waals surface area contributed by atoms with Crippen molar-refractivity contribution in [1.82, 2.24) is 0 Å². The maximum absolute atomic E-state index is 13.9. The standard InChI is InChI=1S/C22H21FN2O2S/c1-5-28-22-13(3)20(26)16-10-12(2)9-15(21(16)27-22)14(4)25-19-8-6-7-18(23)17(19)11-24/h6-10,14,25H,5H2,1-4H3. The molecule has 144 valence electrons. The van der Waals surface area contributed by atoms with E-state index in [9.17, 15) is 14.4 Å². The molecule has 0 spiro atoms. The Morgan fingerprint density at radius 2 is 2.07 bits per heavy atom. The first-order chi connectivity index (χ1) is 13.4. The molecule has 3 rings (SSSR count). The van der Waals surface area contributed by atoms with Crippen LogP contribution in [0.4, 0.5) is 10.1 Å². The zero-order valence-corrected chi connectivity index (χ0v) is 17.0. The average molecular weight is 396 g/mol. The first kappa shape index (κ1) is 20.0. The third-order valence-electron chi connectivity index (χ3n) is 4.59. The van der Waals surface area contributed by atoms with E-state index < -0.39 is 5.82 Å². The number of anilines is 1. The number of rotatable bonds is 5. The van der Waals surface area contributed by atoms with Gasteiger partial charge in [0.2, 0.25) is 0 Å². The van der Waals surface area contributed by atoms with Gasteiger partial charge < -0.3 is 9.73 Å². The maximum atomic E-state index is 13.9.